The number of carbonyl (C=O) groups excluding carboxylic acids is 1. The lowest BCUT2D eigenvalue weighted by Crippen LogP contribution is -2.10. The summed E-state index contributed by atoms with van der Waals surface area (Å²) in [7, 11) is 3.67. The smallest absolute Gasteiger partial charge is 0.229 e. The monoisotopic (exact) mass is 347 g/mol. The molecule has 0 saturated carbocycles. The number of aromatic nitrogens is 2. The van der Waals surface area contributed by atoms with Crippen LogP contribution in [0.2, 0.25) is 5.02 Å². The summed E-state index contributed by atoms with van der Waals surface area (Å²) < 4.78 is 0. The molecule has 0 fully saturated rings. The van der Waals surface area contributed by atoms with Crippen molar-refractivity contribution in [2.24, 2.45) is 0 Å². The van der Waals surface area contributed by atoms with Crippen molar-refractivity contribution in [1.82, 2.24) is 15.3 Å². The zero-order valence-electron chi connectivity index (χ0n) is 14.1. The molecule has 0 unspecified atom stereocenters. The van der Waals surface area contributed by atoms with Crippen LogP contribution >= 0.6 is 11.6 Å². The Morgan fingerprint density at radius 2 is 2.00 bits per heavy atom. The van der Waals surface area contributed by atoms with Gasteiger partial charge < -0.3 is 16.0 Å². The highest BCUT2D eigenvalue weighted by Crippen LogP contribution is 2.24. The average Bonchev–Trinajstić information content (AvgIpc) is 2.56. The Bertz CT molecular complexity index is 720. The van der Waals surface area contributed by atoms with Crippen molar-refractivity contribution in [3.8, 4) is 0 Å². The summed E-state index contributed by atoms with van der Waals surface area (Å²) >= 11 is 6.17. The summed E-state index contributed by atoms with van der Waals surface area (Å²) in [6, 6.07) is 7.11. The van der Waals surface area contributed by atoms with Crippen molar-refractivity contribution in [2.45, 2.75) is 19.8 Å². The van der Waals surface area contributed by atoms with E-state index in [1.165, 1.54) is 0 Å². The second-order valence-electron chi connectivity index (χ2n) is 5.42. The number of benzene rings is 1. The first-order valence-corrected chi connectivity index (χ1v) is 8.19. The molecule has 24 heavy (non-hydrogen) atoms. The van der Waals surface area contributed by atoms with E-state index >= 15 is 0 Å². The molecule has 1 heterocycles. The van der Waals surface area contributed by atoms with Gasteiger partial charge in [0.1, 0.15) is 5.82 Å². The van der Waals surface area contributed by atoms with E-state index < -0.39 is 0 Å². The summed E-state index contributed by atoms with van der Waals surface area (Å²) in [5, 5.41) is 9.60. The van der Waals surface area contributed by atoms with Crippen molar-refractivity contribution in [1.29, 1.82) is 0 Å². The first-order valence-electron chi connectivity index (χ1n) is 7.81. The van der Waals surface area contributed by atoms with Gasteiger partial charge in [0.2, 0.25) is 5.95 Å². The second-order valence-corrected chi connectivity index (χ2v) is 5.83. The van der Waals surface area contributed by atoms with E-state index in [0.717, 1.165) is 30.2 Å². The minimum atomic E-state index is 0.0278. The highest BCUT2D eigenvalue weighted by molar-refractivity contribution is 6.34. The molecular weight excluding hydrogens is 326 g/mol. The quantitative estimate of drug-likeness (QED) is 0.501. The minimum Gasteiger partial charge on any atom is -0.373 e. The lowest BCUT2D eigenvalue weighted by molar-refractivity contribution is 0.0980. The molecule has 6 nitrogen and oxygen atoms in total. The van der Waals surface area contributed by atoms with Crippen LogP contribution in [0.5, 0.6) is 0 Å². The molecular formula is C17H22ClN5O. The fourth-order valence-corrected chi connectivity index (χ4v) is 2.48. The van der Waals surface area contributed by atoms with Gasteiger partial charge in [-0.3, -0.25) is 4.79 Å². The number of ketones is 1. The van der Waals surface area contributed by atoms with E-state index in [9.17, 15) is 4.79 Å². The molecule has 0 radical (unpaired) electrons. The Morgan fingerprint density at radius 3 is 2.71 bits per heavy atom. The van der Waals surface area contributed by atoms with Crippen molar-refractivity contribution in [3.05, 3.63) is 40.5 Å². The molecule has 1 aromatic carbocycles. The van der Waals surface area contributed by atoms with Gasteiger partial charge in [-0.05, 0) is 45.1 Å². The zero-order valence-corrected chi connectivity index (χ0v) is 14.9. The molecule has 0 amide bonds. The van der Waals surface area contributed by atoms with E-state index in [1.807, 2.05) is 20.0 Å². The lowest BCUT2D eigenvalue weighted by atomic mass is 10.1. The van der Waals surface area contributed by atoms with Gasteiger partial charge in [-0.1, -0.05) is 11.6 Å². The first-order chi connectivity index (χ1) is 11.5. The molecule has 0 aliphatic carbocycles. The zero-order chi connectivity index (χ0) is 17.5. The Morgan fingerprint density at radius 1 is 1.21 bits per heavy atom. The van der Waals surface area contributed by atoms with E-state index in [1.54, 1.807) is 25.2 Å². The van der Waals surface area contributed by atoms with E-state index in [-0.39, 0.29) is 5.78 Å². The molecule has 2 rings (SSSR count). The van der Waals surface area contributed by atoms with Crippen LogP contribution in [-0.4, -0.2) is 36.4 Å². The number of anilines is 3. The first kappa shape index (κ1) is 18.2. The summed E-state index contributed by atoms with van der Waals surface area (Å²) in [5.41, 5.74) is 2.08. The second kappa shape index (κ2) is 8.61. The van der Waals surface area contributed by atoms with Gasteiger partial charge in [-0.25, -0.2) is 4.98 Å². The number of hydrogen-bond donors (Lipinski definition) is 3. The molecule has 0 aliphatic heterocycles. The van der Waals surface area contributed by atoms with Crippen molar-refractivity contribution >= 4 is 34.8 Å². The normalized spacial score (nSPS) is 10.5. The molecule has 0 saturated heterocycles. The maximum Gasteiger partial charge on any atom is 0.229 e. The molecule has 0 spiro atoms. The van der Waals surface area contributed by atoms with E-state index in [4.69, 9.17) is 11.6 Å². The van der Waals surface area contributed by atoms with E-state index in [0.29, 0.717) is 23.0 Å². The van der Waals surface area contributed by atoms with Crippen LogP contribution in [0.25, 0.3) is 0 Å². The van der Waals surface area contributed by atoms with Gasteiger partial charge in [0, 0.05) is 36.5 Å². The molecule has 3 N–H and O–H groups in total. The third kappa shape index (κ3) is 4.91. The maximum atomic E-state index is 12.3. The van der Waals surface area contributed by atoms with Crippen LogP contribution in [0, 0.1) is 6.92 Å². The summed E-state index contributed by atoms with van der Waals surface area (Å²) in [5.74, 6) is 1.22. The standard InChI is InChI=1S/C17H22ClN5O/c1-11-9-16(20-3)23-17(21-11)22-12-6-7-14(18)13(10-12)15(24)5-4-8-19-2/h6-7,9-10,19H,4-5,8H2,1-3H3,(H2,20,21,22,23). The van der Waals surface area contributed by atoms with Crippen molar-refractivity contribution in [2.75, 3.05) is 31.3 Å². The molecule has 1 aromatic heterocycles. The SMILES string of the molecule is CNCCCC(=O)c1cc(Nc2nc(C)cc(NC)n2)ccc1Cl. The van der Waals surface area contributed by atoms with E-state index in [2.05, 4.69) is 25.9 Å². The Kier molecular flexibility index (Phi) is 6.52. The Hall–Kier alpha value is -2.18. The van der Waals surface area contributed by atoms with Crippen LogP contribution < -0.4 is 16.0 Å². The van der Waals surface area contributed by atoms with Gasteiger partial charge in [0.15, 0.2) is 5.78 Å². The topological polar surface area (TPSA) is 78.9 Å². The minimum absolute atomic E-state index is 0.0278. The Balaban J connectivity index is 2.18. The predicted molar refractivity (Wildman–Crippen MR) is 98.5 cm³/mol. The number of rotatable bonds is 8. The van der Waals surface area contributed by atoms with Crippen LogP contribution in [-0.2, 0) is 0 Å². The third-order valence-corrected chi connectivity index (χ3v) is 3.79. The van der Waals surface area contributed by atoms with Crippen molar-refractivity contribution < 1.29 is 4.79 Å². The summed E-state index contributed by atoms with van der Waals surface area (Å²) in [6.45, 7) is 2.69. The molecule has 2 aromatic rings. The fraction of sp³-hybridized carbons (Fsp3) is 0.353. The van der Waals surface area contributed by atoms with Gasteiger partial charge >= 0.3 is 0 Å². The molecule has 7 heteroatoms. The highest BCUT2D eigenvalue weighted by atomic mass is 35.5. The molecule has 0 atom stereocenters. The molecule has 128 valence electrons. The van der Waals surface area contributed by atoms with Gasteiger partial charge in [-0.2, -0.15) is 4.98 Å². The number of aryl methyl sites for hydroxylation is 1. The largest absolute Gasteiger partial charge is 0.373 e. The number of halogens is 1. The number of Topliss-reactive ketones (excluding diaryl/α,β-unsaturated/α-hetero) is 1. The maximum absolute atomic E-state index is 12.3. The summed E-state index contributed by atoms with van der Waals surface area (Å²) in [4.78, 5) is 21.0. The van der Waals surface area contributed by atoms with Crippen LogP contribution in [0.3, 0.4) is 0 Å². The fourth-order valence-electron chi connectivity index (χ4n) is 2.26. The number of hydrogen-bond acceptors (Lipinski definition) is 6. The van der Waals surface area contributed by atoms with Crippen molar-refractivity contribution in [3.63, 3.8) is 0 Å². The summed E-state index contributed by atoms with van der Waals surface area (Å²) in [6.07, 6.45) is 1.23. The third-order valence-electron chi connectivity index (χ3n) is 3.46. The predicted octanol–water partition coefficient (Wildman–Crippen LogP) is 3.41. The molecule has 0 aliphatic rings. The number of carbonyl (C=O) groups is 1. The van der Waals surface area contributed by atoms with Gasteiger partial charge in [-0.15, -0.1) is 0 Å². The van der Waals surface area contributed by atoms with Crippen LogP contribution in [0.15, 0.2) is 24.3 Å². The lowest BCUT2D eigenvalue weighted by Gasteiger charge is -2.10. The van der Waals surface area contributed by atoms with Crippen LogP contribution in [0.1, 0.15) is 28.9 Å². The Labute approximate surface area is 147 Å². The van der Waals surface area contributed by atoms with Crippen LogP contribution in [0.4, 0.5) is 17.5 Å². The van der Waals surface area contributed by atoms with Gasteiger partial charge in [0.25, 0.3) is 0 Å². The average molecular weight is 348 g/mol. The van der Waals surface area contributed by atoms with Gasteiger partial charge in [0.05, 0.1) is 5.02 Å². The highest BCUT2D eigenvalue weighted by Gasteiger charge is 2.12. The molecule has 0 bridgehead atoms. The number of nitrogens with one attached hydrogen (secondary N) is 3. The number of nitrogens with zero attached hydrogens (tertiary/aromatic N) is 2.